The minimum atomic E-state index is -1.17. The van der Waals surface area contributed by atoms with Crippen LogP contribution in [0.3, 0.4) is 0 Å². The summed E-state index contributed by atoms with van der Waals surface area (Å²) in [7, 11) is 0. The third-order valence-electron chi connectivity index (χ3n) is 8.98. The van der Waals surface area contributed by atoms with Crippen molar-refractivity contribution >= 4 is 29.2 Å². The first kappa shape index (κ1) is 44.9. The lowest BCUT2D eigenvalue weighted by Crippen LogP contribution is -2.57. The van der Waals surface area contributed by atoms with E-state index in [1.807, 2.05) is 0 Å². The number of nitrogens with one attached hydrogen (secondary N) is 3. The molecule has 1 atom stereocenters. The summed E-state index contributed by atoms with van der Waals surface area (Å²) in [5, 5.41) is 10.1. The van der Waals surface area contributed by atoms with E-state index in [0.717, 1.165) is 64.7 Å². The van der Waals surface area contributed by atoms with Crippen molar-refractivity contribution < 1.29 is 19.1 Å². The van der Waals surface area contributed by atoms with Crippen molar-refractivity contribution in [1.29, 1.82) is 0 Å². The molecular weight excluding hydrogens is 708 g/mol. The number of rotatable bonds is 24. The molecule has 1 heterocycles. The van der Waals surface area contributed by atoms with Crippen LogP contribution >= 0.6 is 11.6 Å². The second-order valence-corrected chi connectivity index (χ2v) is 14.3. The Balaban J connectivity index is 1.35. The second-order valence-electron chi connectivity index (χ2n) is 13.9. The van der Waals surface area contributed by atoms with E-state index in [9.17, 15) is 14.4 Å². The number of ether oxygens (including phenoxy) is 1. The van der Waals surface area contributed by atoms with Crippen LogP contribution in [-0.2, 0) is 9.59 Å². The van der Waals surface area contributed by atoms with Gasteiger partial charge in [-0.15, -0.1) is 0 Å². The number of piperazine rings is 1. The van der Waals surface area contributed by atoms with Gasteiger partial charge < -0.3 is 20.7 Å². The predicted molar refractivity (Wildman–Crippen MR) is 228 cm³/mol. The number of carbonyl (C=O) groups is 3. The molecule has 0 aromatic heterocycles. The zero-order chi connectivity index (χ0) is 39.6. The molecule has 0 saturated carbocycles. The number of allylic oxidation sites excluding steroid dienone is 12. The summed E-state index contributed by atoms with van der Waals surface area (Å²) in [6, 6.07) is 13.4. The minimum absolute atomic E-state index is 0.00681. The molecule has 0 radical (unpaired) electrons. The molecule has 1 aliphatic rings. The Morgan fingerprint density at radius 1 is 0.727 bits per heavy atom. The van der Waals surface area contributed by atoms with Gasteiger partial charge in [0.2, 0.25) is 5.91 Å². The third-order valence-corrected chi connectivity index (χ3v) is 9.23. The number of halogens is 1. The summed E-state index contributed by atoms with van der Waals surface area (Å²) in [4.78, 5) is 41.2. The highest BCUT2D eigenvalue weighted by atomic mass is 35.5. The van der Waals surface area contributed by atoms with Crippen LogP contribution in [-0.4, -0.2) is 73.4 Å². The molecule has 55 heavy (non-hydrogen) atoms. The van der Waals surface area contributed by atoms with E-state index in [-0.39, 0.29) is 23.6 Å². The molecule has 8 nitrogen and oxygen atoms in total. The number of benzene rings is 2. The lowest BCUT2D eigenvalue weighted by molar-refractivity contribution is -0.134. The highest BCUT2D eigenvalue weighted by Gasteiger charge is 2.31. The van der Waals surface area contributed by atoms with Crippen molar-refractivity contribution in [3.8, 4) is 5.75 Å². The van der Waals surface area contributed by atoms with Gasteiger partial charge in [-0.1, -0.05) is 91.4 Å². The van der Waals surface area contributed by atoms with Gasteiger partial charge in [-0.2, -0.15) is 0 Å². The fourth-order valence-electron chi connectivity index (χ4n) is 5.76. The Bertz CT molecular complexity index is 1620. The first-order chi connectivity index (χ1) is 26.7. The SMILES string of the molecule is CC/C=C\C/C=C\C/C=C\C/C=C\C/C=C\C/C=C\CCC(=O)NCC(CNC(=O)C(C)(C)Oc1ccc(C(=O)c2ccc(Cl)cc2)cc1)N1CCNCC1. The number of carbonyl (C=O) groups excluding carboxylic acids is 3. The van der Waals surface area contributed by atoms with E-state index in [4.69, 9.17) is 16.3 Å². The molecule has 1 saturated heterocycles. The number of hydrogen-bond acceptors (Lipinski definition) is 6. The van der Waals surface area contributed by atoms with Crippen LogP contribution in [0.1, 0.15) is 88.1 Å². The monoisotopic (exact) mass is 768 g/mol. The molecule has 2 aromatic carbocycles. The molecule has 1 fully saturated rings. The van der Waals surface area contributed by atoms with Crippen molar-refractivity contribution in [2.45, 2.75) is 83.8 Å². The van der Waals surface area contributed by atoms with Crippen molar-refractivity contribution in [2.24, 2.45) is 0 Å². The fraction of sp³-hybridized carbons (Fsp3) is 0.413. The van der Waals surface area contributed by atoms with Crippen LogP contribution in [0.25, 0.3) is 0 Å². The van der Waals surface area contributed by atoms with Crippen molar-refractivity contribution in [1.82, 2.24) is 20.9 Å². The van der Waals surface area contributed by atoms with Gasteiger partial charge in [-0.3, -0.25) is 19.3 Å². The van der Waals surface area contributed by atoms with E-state index in [2.05, 4.69) is 101 Å². The maximum atomic E-state index is 13.3. The van der Waals surface area contributed by atoms with Crippen LogP contribution in [0.15, 0.2) is 121 Å². The van der Waals surface area contributed by atoms with Gasteiger partial charge in [-0.05, 0) is 107 Å². The van der Waals surface area contributed by atoms with Gasteiger partial charge in [0, 0.05) is 67.9 Å². The quantitative estimate of drug-likeness (QED) is 0.0730. The molecule has 9 heteroatoms. The van der Waals surface area contributed by atoms with E-state index in [1.165, 1.54) is 0 Å². The van der Waals surface area contributed by atoms with Crippen LogP contribution in [0, 0.1) is 0 Å². The van der Waals surface area contributed by atoms with Gasteiger partial charge >= 0.3 is 0 Å². The number of ketones is 1. The van der Waals surface area contributed by atoms with Gasteiger partial charge in [0.15, 0.2) is 11.4 Å². The fourth-order valence-corrected chi connectivity index (χ4v) is 5.88. The Morgan fingerprint density at radius 3 is 1.73 bits per heavy atom. The van der Waals surface area contributed by atoms with E-state index in [0.29, 0.717) is 47.8 Å². The molecule has 2 amide bonds. The van der Waals surface area contributed by atoms with E-state index in [1.54, 1.807) is 62.4 Å². The third kappa shape index (κ3) is 18.6. The van der Waals surface area contributed by atoms with Gasteiger partial charge in [0.1, 0.15) is 5.75 Å². The molecule has 296 valence electrons. The Kier molecular flexibility index (Phi) is 21.5. The molecule has 1 unspecified atom stereocenters. The summed E-state index contributed by atoms with van der Waals surface area (Å²) in [5.74, 6) is 0.0798. The highest BCUT2D eigenvalue weighted by molar-refractivity contribution is 6.30. The zero-order valence-corrected chi connectivity index (χ0v) is 33.7. The topological polar surface area (TPSA) is 99.8 Å². The Hall–Kier alpha value is -4.50. The Labute approximate surface area is 334 Å². The maximum Gasteiger partial charge on any atom is 0.263 e. The average Bonchev–Trinajstić information content (AvgIpc) is 3.19. The predicted octanol–water partition coefficient (Wildman–Crippen LogP) is 8.71. The number of hydrogen-bond donors (Lipinski definition) is 3. The molecule has 3 N–H and O–H groups in total. The van der Waals surface area contributed by atoms with E-state index < -0.39 is 5.60 Å². The summed E-state index contributed by atoms with van der Waals surface area (Å²) < 4.78 is 6.07. The van der Waals surface area contributed by atoms with Gasteiger partial charge in [0.25, 0.3) is 5.91 Å². The van der Waals surface area contributed by atoms with Crippen LogP contribution in [0.4, 0.5) is 0 Å². The van der Waals surface area contributed by atoms with Crippen molar-refractivity contribution in [2.75, 3.05) is 39.3 Å². The second kappa shape index (κ2) is 26.3. The molecule has 3 rings (SSSR count). The summed E-state index contributed by atoms with van der Waals surface area (Å²) in [5.41, 5.74) is -0.120. The first-order valence-corrected chi connectivity index (χ1v) is 20.1. The Morgan fingerprint density at radius 2 is 1.20 bits per heavy atom. The van der Waals surface area contributed by atoms with Gasteiger partial charge in [0.05, 0.1) is 0 Å². The lowest BCUT2D eigenvalue weighted by Gasteiger charge is -2.36. The van der Waals surface area contributed by atoms with Gasteiger partial charge in [-0.25, -0.2) is 0 Å². The zero-order valence-electron chi connectivity index (χ0n) is 33.0. The summed E-state index contributed by atoms with van der Waals surface area (Å²) in [6.45, 7) is 9.75. The molecule has 1 aliphatic heterocycles. The van der Waals surface area contributed by atoms with Crippen molar-refractivity contribution in [3.63, 3.8) is 0 Å². The maximum absolute atomic E-state index is 13.3. The largest absolute Gasteiger partial charge is 0.478 e. The van der Waals surface area contributed by atoms with Crippen molar-refractivity contribution in [3.05, 3.63) is 138 Å². The minimum Gasteiger partial charge on any atom is -0.478 e. The summed E-state index contributed by atoms with van der Waals surface area (Å²) >= 11 is 5.95. The lowest BCUT2D eigenvalue weighted by atomic mass is 10.0. The molecule has 0 aliphatic carbocycles. The standard InChI is InChI=1S/C46H61ClN4O4/c1-4-5-6-7-8-9-10-11-12-13-14-15-16-17-18-19-20-21-22-23-43(52)49-36-41(51-34-32-48-33-35-51)37-50-45(54)46(2,3)55-42-30-26-39(27-31-42)44(53)38-24-28-40(47)29-25-38/h5-6,8-9,11-12,14-15,17-18,20-21,24-31,41,48H,4,7,10,13,16,19,22-23,32-37H2,1-3H3,(H,49,52)(H,50,54)/b6-5-,9-8-,12-11-,15-14-,18-17-,21-20-. The molecule has 2 aromatic rings. The summed E-state index contributed by atoms with van der Waals surface area (Å²) in [6.07, 6.45) is 32.9. The molecule has 0 spiro atoms. The van der Waals surface area contributed by atoms with Crippen LogP contribution in [0.2, 0.25) is 5.02 Å². The van der Waals surface area contributed by atoms with Crippen LogP contribution < -0.4 is 20.7 Å². The molecule has 0 bridgehead atoms. The smallest absolute Gasteiger partial charge is 0.263 e. The number of amides is 2. The highest BCUT2D eigenvalue weighted by Crippen LogP contribution is 2.21. The first-order valence-electron chi connectivity index (χ1n) is 19.7. The normalized spacial score (nSPS) is 14.9. The molecular formula is C46H61ClN4O4. The average molecular weight is 769 g/mol. The number of nitrogens with zero attached hydrogens (tertiary/aromatic N) is 1. The van der Waals surface area contributed by atoms with E-state index >= 15 is 0 Å². The van der Waals surface area contributed by atoms with Crippen LogP contribution in [0.5, 0.6) is 5.75 Å².